The van der Waals surface area contributed by atoms with E-state index >= 15 is 0 Å². The maximum absolute atomic E-state index is 5.69. The minimum atomic E-state index is 0.660. The fourth-order valence-electron chi connectivity index (χ4n) is 0.840. The van der Waals surface area contributed by atoms with Crippen LogP contribution in [0.15, 0.2) is 30.0 Å². The fraction of sp³-hybridized carbons (Fsp3) is 0.300. The lowest BCUT2D eigenvalue weighted by molar-refractivity contribution is 1.20. The van der Waals surface area contributed by atoms with Crippen molar-refractivity contribution in [2.45, 2.75) is 13.8 Å². The average Bonchev–Trinajstić information content (AvgIpc) is 2.08. The largest absolute Gasteiger partial charge is 0.367 e. The maximum Gasteiger partial charge on any atom is 0.126 e. The molecule has 0 amide bonds. The first kappa shape index (κ1) is 10.1. The Kier molecular flexibility index (Phi) is 3.77. The highest BCUT2D eigenvalue weighted by molar-refractivity contribution is 6.30. The van der Waals surface area contributed by atoms with Gasteiger partial charge in [-0.3, -0.25) is 0 Å². The van der Waals surface area contributed by atoms with Crippen molar-refractivity contribution < 1.29 is 0 Å². The van der Waals surface area contributed by atoms with Gasteiger partial charge in [-0.2, -0.15) is 0 Å². The van der Waals surface area contributed by atoms with Crippen LogP contribution in [0.1, 0.15) is 13.8 Å². The summed E-state index contributed by atoms with van der Waals surface area (Å²) >= 11 is 5.69. The van der Waals surface area contributed by atoms with Crippen molar-refractivity contribution >= 4 is 17.4 Å². The van der Waals surface area contributed by atoms with Gasteiger partial charge in [-0.05, 0) is 26.0 Å². The molecule has 0 aromatic carbocycles. The van der Waals surface area contributed by atoms with Gasteiger partial charge in [-0.25, -0.2) is 4.98 Å². The maximum atomic E-state index is 5.69. The molecule has 0 aliphatic heterocycles. The van der Waals surface area contributed by atoms with E-state index in [9.17, 15) is 0 Å². The van der Waals surface area contributed by atoms with Crippen LogP contribution in [0.5, 0.6) is 0 Å². The number of nitrogens with one attached hydrogen (secondary N) is 1. The van der Waals surface area contributed by atoms with Crippen molar-refractivity contribution in [3.05, 3.63) is 35.0 Å². The molecule has 1 N–H and O–H groups in total. The smallest absolute Gasteiger partial charge is 0.126 e. The molecular formula is C10H13ClN2. The monoisotopic (exact) mass is 196 g/mol. The van der Waals surface area contributed by atoms with Gasteiger partial charge in [-0.1, -0.05) is 23.3 Å². The third-order valence-corrected chi connectivity index (χ3v) is 1.74. The van der Waals surface area contributed by atoms with E-state index in [4.69, 9.17) is 11.6 Å². The van der Waals surface area contributed by atoms with Gasteiger partial charge in [0.05, 0.1) is 5.02 Å². The SMILES string of the molecule is CC(C)=CCNc1ccc(Cl)cn1. The fourth-order valence-corrected chi connectivity index (χ4v) is 0.952. The van der Waals surface area contributed by atoms with Crippen molar-refractivity contribution in [3.63, 3.8) is 0 Å². The summed E-state index contributed by atoms with van der Waals surface area (Å²) in [6.45, 7) is 4.94. The minimum Gasteiger partial charge on any atom is -0.367 e. The molecule has 0 fully saturated rings. The van der Waals surface area contributed by atoms with Crippen LogP contribution in [0.4, 0.5) is 5.82 Å². The molecule has 3 heteroatoms. The number of rotatable bonds is 3. The Hall–Kier alpha value is -1.02. The number of hydrogen-bond acceptors (Lipinski definition) is 2. The van der Waals surface area contributed by atoms with E-state index < -0.39 is 0 Å². The van der Waals surface area contributed by atoms with Crippen LogP contribution in [0.2, 0.25) is 5.02 Å². The Morgan fingerprint density at radius 3 is 2.85 bits per heavy atom. The van der Waals surface area contributed by atoms with Gasteiger partial charge >= 0.3 is 0 Å². The van der Waals surface area contributed by atoms with E-state index in [0.29, 0.717) is 5.02 Å². The topological polar surface area (TPSA) is 24.9 Å². The molecule has 1 aromatic heterocycles. The Balaban J connectivity index is 2.46. The predicted molar refractivity (Wildman–Crippen MR) is 57.2 cm³/mol. The molecule has 13 heavy (non-hydrogen) atoms. The molecule has 0 bridgehead atoms. The zero-order valence-electron chi connectivity index (χ0n) is 7.84. The molecule has 70 valence electrons. The number of anilines is 1. The molecular weight excluding hydrogens is 184 g/mol. The highest BCUT2D eigenvalue weighted by Gasteiger charge is 1.90. The summed E-state index contributed by atoms with van der Waals surface area (Å²) in [5, 5.41) is 3.82. The summed E-state index contributed by atoms with van der Waals surface area (Å²) in [4.78, 5) is 4.10. The zero-order chi connectivity index (χ0) is 9.68. The van der Waals surface area contributed by atoms with Gasteiger partial charge in [0.1, 0.15) is 5.82 Å². The zero-order valence-corrected chi connectivity index (χ0v) is 8.60. The number of nitrogens with zero attached hydrogens (tertiary/aromatic N) is 1. The molecule has 1 heterocycles. The molecule has 0 aliphatic rings. The quantitative estimate of drug-likeness (QED) is 0.752. The number of pyridine rings is 1. The summed E-state index contributed by atoms with van der Waals surface area (Å²) in [5.74, 6) is 0.849. The van der Waals surface area contributed by atoms with Crippen LogP contribution in [-0.2, 0) is 0 Å². The van der Waals surface area contributed by atoms with Crippen LogP contribution in [-0.4, -0.2) is 11.5 Å². The molecule has 1 aromatic rings. The van der Waals surface area contributed by atoms with Gasteiger partial charge in [0.15, 0.2) is 0 Å². The highest BCUT2D eigenvalue weighted by Crippen LogP contribution is 2.09. The van der Waals surface area contributed by atoms with Crippen LogP contribution in [0.25, 0.3) is 0 Å². The standard InChI is InChI=1S/C10H13ClN2/c1-8(2)5-6-12-10-4-3-9(11)7-13-10/h3-5,7H,6H2,1-2H3,(H,12,13). The lowest BCUT2D eigenvalue weighted by Gasteiger charge is -2.01. The summed E-state index contributed by atoms with van der Waals surface area (Å²) in [6.07, 6.45) is 3.74. The van der Waals surface area contributed by atoms with Crippen molar-refractivity contribution in [2.24, 2.45) is 0 Å². The van der Waals surface area contributed by atoms with Crippen LogP contribution in [0.3, 0.4) is 0 Å². The van der Waals surface area contributed by atoms with Gasteiger partial charge in [-0.15, -0.1) is 0 Å². The van der Waals surface area contributed by atoms with E-state index in [-0.39, 0.29) is 0 Å². The predicted octanol–water partition coefficient (Wildman–Crippen LogP) is 3.11. The van der Waals surface area contributed by atoms with Gasteiger partial charge < -0.3 is 5.32 Å². The van der Waals surface area contributed by atoms with Gasteiger partial charge in [0.2, 0.25) is 0 Å². The van der Waals surface area contributed by atoms with Gasteiger partial charge in [0, 0.05) is 12.7 Å². The van der Waals surface area contributed by atoms with E-state index in [1.54, 1.807) is 6.20 Å². The average molecular weight is 197 g/mol. The molecule has 0 saturated heterocycles. The Labute approximate surface area is 83.6 Å². The lowest BCUT2D eigenvalue weighted by Crippen LogP contribution is -2.00. The Morgan fingerprint density at radius 2 is 2.31 bits per heavy atom. The molecule has 0 unspecified atom stereocenters. The molecule has 0 saturated carbocycles. The Morgan fingerprint density at radius 1 is 1.54 bits per heavy atom. The molecule has 2 nitrogen and oxygen atoms in total. The first-order valence-electron chi connectivity index (χ1n) is 4.17. The van der Waals surface area contributed by atoms with Crippen molar-refractivity contribution in [3.8, 4) is 0 Å². The summed E-state index contributed by atoms with van der Waals surface area (Å²) in [5.41, 5.74) is 1.29. The van der Waals surface area contributed by atoms with Crippen molar-refractivity contribution in [1.82, 2.24) is 4.98 Å². The third-order valence-electron chi connectivity index (χ3n) is 1.52. The Bertz CT molecular complexity index is 286. The lowest BCUT2D eigenvalue weighted by atomic mass is 10.3. The second kappa shape index (κ2) is 4.87. The third kappa shape index (κ3) is 3.95. The van der Waals surface area contributed by atoms with E-state index in [2.05, 4.69) is 30.2 Å². The summed E-state index contributed by atoms with van der Waals surface area (Å²) in [7, 11) is 0. The summed E-state index contributed by atoms with van der Waals surface area (Å²) < 4.78 is 0. The second-order valence-electron chi connectivity index (χ2n) is 3.02. The van der Waals surface area contributed by atoms with Crippen LogP contribution in [0, 0.1) is 0 Å². The first-order valence-corrected chi connectivity index (χ1v) is 4.55. The number of aromatic nitrogens is 1. The highest BCUT2D eigenvalue weighted by atomic mass is 35.5. The van der Waals surface area contributed by atoms with E-state index in [1.807, 2.05) is 12.1 Å². The number of hydrogen-bond donors (Lipinski definition) is 1. The van der Waals surface area contributed by atoms with Crippen LogP contribution < -0.4 is 5.32 Å². The minimum absolute atomic E-state index is 0.660. The molecule has 0 radical (unpaired) electrons. The number of halogens is 1. The van der Waals surface area contributed by atoms with Crippen LogP contribution >= 0.6 is 11.6 Å². The van der Waals surface area contributed by atoms with E-state index in [0.717, 1.165) is 12.4 Å². The number of allylic oxidation sites excluding steroid dienone is 1. The molecule has 1 rings (SSSR count). The molecule has 0 aliphatic carbocycles. The summed E-state index contributed by atoms with van der Waals surface area (Å²) in [6, 6.07) is 3.68. The molecule has 0 atom stereocenters. The van der Waals surface area contributed by atoms with Gasteiger partial charge in [0.25, 0.3) is 0 Å². The molecule has 0 spiro atoms. The normalized spacial score (nSPS) is 9.46. The van der Waals surface area contributed by atoms with Crippen molar-refractivity contribution in [2.75, 3.05) is 11.9 Å². The first-order chi connectivity index (χ1) is 6.18. The van der Waals surface area contributed by atoms with E-state index in [1.165, 1.54) is 5.57 Å². The second-order valence-corrected chi connectivity index (χ2v) is 3.46. The van der Waals surface area contributed by atoms with Crippen molar-refractivity contribution in [1.29, 1.82) is 0 Å².